The summed E-state index contributed by atoms with van der Waals surface area (Å²) in [4.78, 5) is 27.9. The predicted octanol–water partition coefficient (Wildman–Crippen LogP) is 5.22. The first kappa shape index (κ1) is 25.0. The molecule has 1 aliphatic carbocycles. The van der Waals surface area contributed by atoms with Crippen LogP contribution in [-0.4, -0.2) is 42.4 Å². The molecule has 1 aliphatic rings. The van der Waals surface area contributed by atoms with E-state index in [4.69, 9.17) is 16.4 Å². The van der Waals surface area contributed by atoms with E-state index in [-0.39, 0.29) is 17.3 Å². The van der Waals surface area contributed by atoms with E-state index < -0.39 is 15.9 Å². The minimum atomic E-state index is -3.77. The van der Waals surface area contributed by atoms with Crippen molar-refractivity contribution >= 4 is 54.3 Å². The van der Waals surface area contributed by atoms with Gasteiger partial charge in [-0.2, -0.15) is 0 Å². The van der Waals surface area contributed by atoms with Gasteiger partial charge in [-0.05, 0) is 49.1 Å². The summed E-state index contributed by atoms with van der Waals surface area (Å²) >= 11 is 7.24. The fourth-order valence-electron chi connectivity index (χ4n) is 4.40. The Morgan fingerprint density at radius 3 is 2.56 bits per heavy atom. The number of carbonyl (C=O) groups excluding carboxylic acids is 1. The van der Waals surface area contributed by atoms with E-state index in [2.05, 4.69) is 15.3 Å². The number of pyridine rings is 1. The molecule has 8 nitrogen and oxygen atoms in total. The number of amides is 1. The summed E-state index contributed by atoms with van der Waals surface area (Å²) < 4.78 is 26.4. The lowest BCUT2D eigenvalue weighted by Crippen LogP contribution is -2.29. The zero-order valence-corrected chi connectivity index (χ0v) is 21.4. The fourth-order valence-corrected chi connectivity index (χ4v) is 6.69. The van der Waals surface area contributed by atoms with Gasteiger partial charge in [0.15, 0.2) is 5.13 Å². The van der Waals surface area contributed by atoms with Gasteiger partial charge in [0.1, 0.15) is 15.5 Å². The van der Waals surface area contributed by atoms with Gasteiger partial charge >= 0.3 is 0 Å². The number of fused-ring (bicyclic) bond motifs is 1. The highest BCUT2D eigenvalue weighted by Crippen LogP contribution is 2.36. The maximum Gasteiger partial charge on any atom is 0.264 e. The lowest BCUT2D eigenvalue weighted by atomic mass is 9.87. The topological polar surface area (TPSA) is 101 Å². The van der Waals surface area contributed by atoms with Gasteiger partial charge in [0.2, 0.25) is 5.91 Å². The maximum absolute atomic E-state index is 13.4. The van der Waals surface area contributed by atoms with Crippen molar-refractivity contribution in [2.45, 2.75) is 49.8 Å². The van der Waals surface area contributed by atoms with E-state index in [0.29, 0.717) is 33.0 Å². The van der Waals surface area contributed by atoms with E-state index in [1.54, 1.807) is 31.2 Å². The monoisotopic (exact) mass is 522 g/mol. The van der Waals surface area contributed by atoms with Crippen LogP contribution >= 0.6 is 22.9 Å². The van der Waals surface area contributed by atoms with Crippen molar-refractivity contribution in [2.75, 3.05) is 19.0 Å². The van der Waals surface area contributed by atoms with Gasteiger partial charge in [0.05, 0.1) is 17.9 Å². The van der Waals surface area contributed by atoms with Crippen molar-refractivity contribution in [3.05, 3.63) is 47.1 Å². The Balaban J connectivity index is 1.59. The molecule has 0 radical (unpaired) electrons. The number of benzene rings is 1. The Kier molecular flexibility index (Phi) is 7.83. The van der Waals surface area contributed by atoms with Gasteiger partial charge in [-0.3, -0.25) is 9.63 Å². The highest BCUT2D eigenvalue weighted by Gasteiger charge is 2.29. The average molecular weight is 523 g/mol. The zero-order chi connectivity index (χ0) is 24.3. The molecule has 1 atom stereocenters. The lowest BCUT2D eigenvalue weighted by Gasteiger charge is -2.21. The van der Waals surface area contributed by atoms with Crippen LogP contribution in [0.25, 0.3) is 10.3 Å². The first-order chi connectivity index (χ1) is 16.3. The van der Waals surface area contributed by atoms with Crippen LogP contribution in [0.15, 0.2) is 41.3 Å². The molecule has 1 unspecified atom stereocenters. The van der Waals surface area contributed by atoms with Crippen LogP contribution in [-0.2, 0) is 19.7 Å². The number of carbonyl (C=O) groups is 1. The minimum absolute atomic E-state index is 0.120. The number of nitrogens with one attached hydrogen (secondary N) is 1. The largest absolute Gasteiger partial charge is 0.301 e. The Labute approximate surface area is 208 Å². The second-order valence-corrected chi connectivity index (χ2v) is 11.5. The number of halogens is 1. The molecule has 0 aliphatic heterocycles. The van der Waals surface area contributed by atoms with Gasteiger partial charge < -0.3 is 5.32 Å². The molecule has 4 rings (SSSR count). The summed E-state index contributed by atoms with van der Waals surface area (Å²) in [6, 6.07) is 9.93. The normalized spacial score (nSPS) is 15.8. The van der Waals surface area contributed by atoms with E-state index in [1.165, 1.54) is 43.4 Å². The predicted molar refractivity (Wildman–Crippen MR) is 133 cm³/mol. The average Bonchev–Trinajstić information content (AvgIpc) is 3.47. The summed E-state index contributed by atoms with van der Waals surface area (Å²) in [5, 5.41) is 3.78. The number of hydroxylamine groups is 1. The van der Waals surface area contributed by atoms with E-state index >= 15 is 0 Å². The molecule has 0 spiro atoms. The molecule has 1 fully saturated rings. The van der Waals surface area contributed by atoms with Gasteiger partial charge in [0, 0.05) is 6.54 Å². The highest BCUT2D eigenvalue weighted by molar-refractivity contribution is 7.89. The number of aromatic nitrogens is 2. The van der Waals surface area contributed by atoms with Crippen molar-refractivity contribution < 1.29 is 18.0 Å². The Morgan fingerprint density at radius 1 is 1.21 bits per heavy atom. The van der Waals surface area contributed by atoms with Crippen molar-refractivity contribution in [3.8, 4) is 0 Å². The van der Waals surface area contributed by atoms with Gasteiger partial charge in [-0.15, -0.1) is 0 Å². The third kappa shape index (κ3) is 5.41. The SMILES string of the molecule is CCN(OC)S(=O)(=O)c1ccc(C(CC2CCCC2)C(=O)Nc2nc3ccc(Cl)nc3s2)cc1. The Morgan fingerprint density at radius 2 is 1.91 bits per heavy atom. The minimum Gasteiger partial charge on any atom is -0.301 e. The van der Waals surface area contributed by atoms with Crippen LogP contribution in [0.2, 0.25) is 5.15 Å². The van der Waals surface area contributed by atoms with Crippen LogP contribution in [0.3, 0.4) is 0 Å². The molecule has 2 heterocycles. The summed E-state index contributed by atoms with van der Waals surface area (Å²) in [6.07, 6.45) is 5.24. The van der Waals surface area contributed by atoms with Gasteiger partial charge in [-0.25, -0.2) is 18.4 Å². The molecule has 1 amide bonds. The third-order valence-electron chi connectivity index (χ3n) is 6.12. The number of rotatable bonds is 9. The molecule has 1 saturated carbocycles. The third-order valence-corrected chi connectivity index (χ3v) is 9.02. The molecule has 11 heteroatoms. The molecular formula is C23H27ClN4O4S2. The van der Waals surface area contributed by atoms with Crippen LogP contribution in [0.4, 0.5) is 5.13 Å². The zero-order valence-electron chi connectivity index (χ0n) is 19.0. The first-order valence-electron chi connectivity index (χ1n) is 11.2. The lowest BCUT2D eigenvalue weighted by molar-refractivity contribution is -0.118. The number of anilines is 1. The number of hydrogen-bond donors (Lipinski definition) is 1. The standard InChI is InChI=1S/C23H27ClN4O4S2/c1-3-28(32-2)34(30,31)17-10-8-16(9-11-17)18(14-15-6-4-5-7-15)21(29)27-23-25-19-12-13-20(24)26-22(19)33-23/h8-13,15,18H,3-7,14H2,1-2H3,(H,25,27,29). The molecule has 182 valence electrons. The number of sulfonamides is 1. The molecule has 3 aromatic rings. The van der Waals surface area contributed by atoms with Crippen LogP contribution in [0.5, 0.6) is 0 Å². The number of hydrogen-bond acceptors (Lipinski definition) is 7. The van der Waals surface area contributed by atoms with Crippen LogP contribution in [0, 0.1) is 5.92 Å². The second-order valence-electron chi connectivity index (χ2n) is 8.28. The number of nitrogens with zero attached hydrogens (tertiary/aromatic N) is 3. The van der Waals surface area contributed by atoms with E-state index in [1.807, 2.05) is 0 Å². The highest BCUT2D eigenvalue weighted by atomic mass is 35.5. The van der Waals surface area contributed by atoms with E-state index in [0.717, 1.165) is 22.9 Å². The molecule has 0 bridgehead atoms. The smallest absolute Gasteiger partial charge is 0.264 e. The van der Waals surface area contributed by atoms with Crippen molar-refractivity contribution in [2.24, 2.45) is 5.92 Å². The summed E-state index contributed by atoms with van der Waals surface area (Å²) in [5.74, 6) is -0.132. The summed E-state index contributed by atoms with van der Waals surface area (Å²) in [5.41, 5.74) is 1.44. The fraction of sp³-hybridized carbons (Fsp3) is 0.435. The van der Waals surface area contributed by atoms with Gasteiger partial charge in [0.25, 0.3) is 10.0 Å². The van der Waals surface area contributed by atoms with E-state index in [9.17, 15) is 13.2 Å². The van der Waals surface area contributed by atoms with Crippen molar-refractivity contribution in [1.29, 1.82) is 0 Å². The maximum atomic E-state index is 13.4. The second kappa shape index (κ2) is 10.7. The Bertz CT molecular complexity index is 1250. The molecule has 2 aromatic heterocycles. The molecule has 1 aromatic carbocycles. The Hall–Kier alpha value is -2.11. The molecular weight excluding hydrogens is 496 g/mol. The molecule has 0 saturated heterocycles. The number of thiazole rings is 1. The van der Waals surface area contributed by atoms with Gasteiger partial charge in [-0.1, -0.05) is 65.2 Å². The van der Waals surface area contributed by atoms with Crippen molar-refractivity contribution in [3.63, 3.8) is 0 Å². The van der Waals surface area contributed by atoms with Crippen molar-refractivity contribution in [1.82, 2.24) is 14.4 Å². The molecule has 1 N–H and O–H groups in total. The quantitative estimate of drug-likeness (QED) is 0.305. The summed E-state index contributed by atoms with van der Waals surface area (Å²) in [6.45, 7) is 1.89. The van der Waals surface area contributed by atoms with Crippen LogP contribution in [0.1, 0.15) is 50.5 Å². The summed E-state index contributed by atoms with van der Waals surface area (Å²) in [7, 11) is -2.45. The van der Waals surface area contributed by atoms with Crippen LogP contribution < -0.4 is 5.32 Å². The molecule has 34 heavy (non-hydrogen) atoms. The first-order valence-corrected chi connectivity index (χ1v) is 13.9.